The molecule has 0 aliphatic carbocycles. The average molecular weight is 388 g/mol. The zero-order valence-electron chi connectivity index (χ0n) is 14.9. The van der Waals surface area contributed by atoms with E-state index in [9.17, 15) is 9.59 Å². The van der Waals surface area contributed by atoms with Crippen molar-refractivity contribution in [3.63, 3.8) is 0 Å². The number of anilines is 1. The lowest BCUT2D eigenvalue weighted by Gasteiger charge is -2.17. The Bertz CT molecular complexity index is 986. The molecule has 0 saturated heterocycles. The summed E-state index contributed by atoms with van der Waals surface area (Å²) in [6.07, 6.45) is 0.0429. The minimum absolute atomic E-state index is 0.0429. The maximum Gasteiger partial charge on any atom is 0.244 e. The molecule has 3 rings (SSSR count). The van der Waals surface area contributed by atoms with Gasteiger partial charge in [-0.15, -0.1) is 0 Å². The lowest BCUT2D eigenvalue weighted by Crippen LogP contribution is -2.36. The third kappa shape index (κ3) is 4.38. The zero-order valence-corrected chi connectivity index (χ0v) is 15.6. The van der Waals surface area contributed by atoms with Crippen molar-refractivity contribution in [1.29, 1.82) is 0 Å². The summed E-state index contributed by atoms with van der Waals surface area (Å²) in [6, 6.07) is 12.2. The molecule has 0 fully saturated rings. The van der Waals surface area contributed by atoms with Crippen LogP contribution in [0.4, 0.5) is 5.69 Å². The van der Waals surface area contributed by atoms with Gasteiger partial charge in [0.25, 0.3) is 0 Å². The number of nitrogens with zero attached hydrogens (tertiary/aromatic N) is 2. The first kappa shape index (κ1) is 18.7. The van der Waals surface area contributed by atoms with E-state index in [0.717, 1.165) is 5.39 Å². The van der Waals surface area contributed by atoms with Crippen LogP contribution in [0, 0.1) is 0 Å². The van der Waals surface area contributed by atoms with Crippen LogP contribution in [0.5, 0.6) is 5.75 Å². The number of halogens is 1. The van der Waals surface area contributed by atoms with Crippen molar-refractivity contribution in [2.75, 3.05) is 26.0 Å². The number of carbonyl (C=O) groups is 2. The summed E-state index contributed by atoms with van der Waals surface area (Å²) in [4.78, 5) is 26.1. The number of aromatic nitrogens is 1. The molecule has 7 nitrogen and oxygen atoms in total. The van der Waals surface area contributed by atoms with Gasteiger partial charge in [-0.05, 0) is 30.3 Å². The molecular formula is C19H18ClN3O4. The van der Waals surface area contributed by atoms with Gasteiger partial charge >= 0.3 is 0 Å². The molecule has 0 aliphatic rings. The van der Waals surface area contributed by atoms with Crippen LogP contribution in [0.2, 0.25) is 5.02 Å². The first-order chi connectivity index (χ1) is 13.0. The fraction of sp³-hybridized carbons (Fsp3) is 0.211. The van der Waals surface area contributed by atoms with Gasteiger partial charge in [0.15, 0.2) is 5.58 Å². The Morgan fingerprint density at radius 3 is 2.81 bits per heavy atom. The van der Waals surface area contributed by atoms with Crippen LogP contribution in [-0.4, -0.2) is 42.6 Å². The number of likely N-dealkylation sites (N-methyl/N-ethyl adjacent to an activating group) is 1. The number of fused-ring (bicyclic) bond motifs is 1. The Hall–Kier alpha value is -3.06. The molecule has 0 spiro atoms. The number of ether oxygens (including phenoxy) is 1. The summed E-state index contributed by atoms with van der Waals surface area (Å²) in [5.74, 6) is -0.130. The summed E-state index contributed by atoms with van der Waals surface area (Å²) in [5, 5.41) is 7.89. The topological polar surface area (TPSA) is 84.7 Å². The van der Waals surface area contributed by atoms with E-state index in [0.29, 0.717) is 27.7 Å². The number of hydrogen-bond donors (Lipinski definition) is 1. The second-order valence-corrected chi connectivity index (χ2v) is 6.38. The second-order valence-electron chi connectivity index (χ2n) is 5.94. The molecular weight excluding hydrogens is 370 g/mol. The van der Waals surface area contributed by atoms with Gasteiger partial charge in [-0.1, -0.05) is 28.9 Å². The maximum atomic E-state index is 12.4. The highest BCUT2D eigenvalue weighted by Crippen LogP contribution is 2.27. The Labute approximate surface area is 160 Å². The minimum atomic E-state index is -0.364. The van der Waals surface area contributed by atoms with Gasteiger partial charge in [0.05, 0.1) is 25.8 Å². The summed E-state index contributed by atoms with van der Waals surface area (Å²) in [5.41, 5.74) is 1.60. The number of benzene rings is 2. The van der Waals surface area contributed by atoms with Gasteiger partial charge in [0.2, 0.25) is 11.8 Å². The van der Waals surface area contributed by atoms with Crippen LogP contribution >= 0.6 is 11.6 Å². The van der Waals surface area contributed by atoms with E-state index in [2.05, 4.69) is 10.5 Å². The number of amides is 2. The summed E-state index contributed by atoms with van der Waals surface area (Å²) in [6.45, 7) is -0.121. The second kappa shape index (κ2) is 8.09. The van der Waals surface area contributed by atoms with Crippen molar-refractivity contribution < 1.29 is 18.8 Å². The standard InChI is InChI=1S/C19H18ClN3O4/c1-23(11-18(24)21-15-9-12(20)7-8-17(15)26-2)19(25)10-14-13-5-3-4-6-16(13)27-22-14/h3-9H,10-11H2,1-2H3,(H,21,24). The number of hydrogen-bond acceptors (Lipinski definition) is 5. The predicted octanol–water partition coefficient (Wildman–Crippen LogP) is 3.13. The first-order valence-corrected chi connectivity index (χ1v) is 8.56. The molecule has 27 heavy (non-hydrogen) atoms. The molecule has 0 radical (unpaired) electrons. The van der Waals surface area contributed by atoms with Crippen LogP contribution in [0.15, 0.2) is 47.0 Å². The minimum Gasteiger partial charge on any atom is -0.495 e. The van der Waals surface area contributed by atoms with Crippen molar-refractivity contribution in [3.05, 3.63) is 53.2 Å². The fourth-order valence-electron chi connectivity index (χ4n) is 2.62. The Morgan fingerprint density at radius 2 is 2.04 bits per heavy atom. The van der Waals surface area contributed by atoms with Crippen LogP contribution < -0.4 is 10.1 Å². The molecule has 3 aromatic rings. The molecule has 0 bridgehead atoms. The van der Waals surface area contributed by atoms with Crippen molar-refractivity contribution >= 4 is 40.1 Å². The molecule has 2 aromatic carbocycles. The molecule has 1 N–H and O–H groups in total. The van der Waals surface area contributed by atoms with Gasteiger partial charge < -0.3 is 19.5 Å². The van der Waals surface area contributed by atoms with Gasteiger partial charge in [-0.25, -0.2) is 0 Å². The first-order valence-electron chi connectivity index (χ1n) is 8.18. The molecule has 140 valence electrons. The highest BCUT2D eigenvalue weighted by atomic mass is 35.5. The van der Waals surface area contributed by atoms with Gasteiger partial charge in [-0.2, -0.15) is 0 Å². The number of para-hydroxylation sites is 1. The normalized spacial score (nSPS) is 10.6. The molecule has 1 aromatic heterocycles. The fourth-order valence-corrected chi connectivity index (χ4v) is 2.79. The monoisotopic (exact) mass is 387 g/mol. The molecule has 0 atom stereocenters. The third-order valence-corrected chi connectivity index (χ3v) is 4.25. The lowest BCUT2D eigenvalue weighted by atomic mass is 10.1. The molecule has 0 saturated carbocycles. The third-order valence-electron chi connectivity index (χ3n) is 4.01. The van der Waals surface area contributed by atoms with Crippen molar-refractivity contribution in [1.82, 2.24) is 10.1 Å². The maximum absolute atomic E-state index is 12.4. The SMILES string of the molecule is COc1ccc(Cl)cc1NC(=O)CN(C)C(=O)Cc1noc2ccccc12. The van der Waals surface area contributed by atoms with Crippen molar-refractivity contribution in [2.24, 2.45) is 0 Å². The number of nitrogens with one attached hydrogen (secondary N) is 1. The number of methoxy groups -OCH3 is 1. The van der Waals surface area contributed by atoms with E-state index >= 15 is 0 Å². The Kier molecular flexibility index (Phi) is 5.61. The predicted molar refractivity (Wildman–Crippen MR) is 102 cm³/mol. The van der Waals surface area contributed by atoms with Gasteiger partial charge in [0, 0.05) is 17.5 Å². The van der Waals surface area contributed by atoms with E-state index in [4.69, 9.17) is 20.9 Å². The largest absolute Gasteiger partial charge is 0.495 e. The molecule has 0 aliphatic heterocycles. The lowest BCUT2D eigenvalue weighted by molar-refractivity contribution is -0.132. The van der Waals surface area contributed by atoms with E-state index < -0.39 is 0 Å². The quantitative estimate of drug-likeness (QED) is 0.702. The van der Waals surface area contributed by atoms with Crippen LogP contribution in [0.25, 0.3) is 11.0 Å². The smallest absolute Gasteiger partial charge is 0.244 e. The molecule has 1 heterocycles. The van der Waals surface area contributed by atoms with Crippen LogP contribution in [0.3, 0.4) is 0 Å². The molecule has 8 heteroatoms. The van der Waals surface area contributed by atoms with E-state index in [1.54, 1.807) is 31.3 Å². The number of carbonyl (C=O) groups excluding carboxylic acids is 2. The zero-order chi connectivity index (χ0) is 19.4. The van der Waals surface area contributed by atoms with Crippen LogP contribution in [0.1, 0.15) is 5.69 Å². The summed E-state index contributed by atoms with van der Waals surface area (Å²) >= 11 is 5.95. The summed E-state index contributed by atoms with van der Waals surface area (Å²) < 4.78 is 10.4. The highest BCUT2D eigenvalue weighted by Gasteiger charge is 2.18. The summed E-state index contributed by atoms with van der Waals surface area (Å²) in [7, 11) is 3.05. The molecule has 2 amide bonds. The van der Waals surface area contributed by atoms with E-state index in [-0.39, 0.29) is 24.8 Å². The van der Waals surface area contributed by atoms with E-state index in [1.165, 1.54) is 12.0 Å². The van der Waals surface area contributed by atoms with Crippen molar-refractivity contribution in [3.8, 4) is 5.75 Å². The van der Waals surface area contributed by atoms with Gasteiger partial charge in [0.1, 0.15) is 11.4 Å². The number of rotatable bonds is 6. The van der Waals surface area contributed by atoms with Gasteiger partial charge in [-0.3, -0.25) is 9.59 Å². The van der Waals surface area contributed by atoms with E-state index in [1.807, 2.05) is 18.2 Å². The van der Waals surface area contributed by atoms with Crippen LogP contribution in [-0.2, 0) is 16.0 Å². The average Bonchev–Trinajstić information content (AvgIpc) is 3.05. The Morgan fingerprint density at radius 1 is 1.26 bits per heavy atom. The Balaban J connectivity index is 1.62. The highest BCUT2D eigenvalue weighted by molar-refractivity contribution is 6.31. The molecule has 0 unspecified atom stereocenters. The van der Waals surface area contributed by atoms with Crippen molar-refractivity contribution in [2.45, 2.75) is 6.42 Å².